The first-order chi connectivity index (χ1) is 9.04. The molecule has 1 aliphatic rings. The van der Waals surface area contributed by atoms with Crippen molar-refractivity contribution in [2.45, 2.75) is 19.3 Å². The second-order valence-corrected chi connectivity index (χ2v) is 5.05. The lowest BCUT2D eigenvalue weighted by atomic mass is 10.0. The van der Waals surface area contributed by atoms with Gasteiger partial charge < -0.3 is 10.1 Å². The maximum atomic E-state index is 13.3. The van der Waals surface area contributed by atoms with Gasteiger partial charge in [0.25, 0.3) is 5.69 Å². The normalized spacial score (nSPS) is 16.1. The van der Waals surface area contributed by atoms with Crippen LogP contribution in [0.5, 0.6) is 0 Å². The third kappa shape index (κ3) is 3.64. The summed E-state index contributed by atoms with van der Waals surface area (Å²) in [5.41, 5.74) is 0.427. The van der Waals surface area contributed by atoms with Crippen molar-refractivity contribution in [2.24, 2.45) is 5.41 Å². The summed E-state index contributed by atoms with van der Waals surface area (Å²) in [5, 5.41) is 13.7. The second-order valence-electron chi connectivity index (χ2n) is 5.05. The molecule has 1 N–H and O–H groups in total. The van der Waals surface area contributed by atoms with Crippen molar-refractivity contribution in [1.29, 1.82) is 0 Å². The predicted molar refractivity (Wildman–Crippen MR) is 69.7 cm³/mol. The SMILES string of the molecule is COCCC1(CNc2cc(F)cc([N+](=O)[O-])c2)CC1. The number of nitrogens with one attached hydrogen (secondary N) is 1. The van der Waals surface area contributed by atoms with Crippen LogP contribution in [0.15, 0.2) is 18.2 Å². The smallest absolute Gasteiger partial charge is 0.274 e. The average molecular weight is 268 g/mol. The van der Waals surface area contributed by atoms with Gasteiger partial charge in [0, 0.05) is 32.0 Å². The summed E-state index contributed by atoms with van der Waals surface area (Å²) in [5.74, 6) is -0.599. The van der Waals surface area contributed by atoms with Crippen molar-refractivity contribution in [3.63, 3.8) is 0 Å². The first-order valence-electron chi connectivity index (χ1n) is 6.22. The molecule has 19 heavy (non-hydrogen) atoms. The van der Waals surface area contributed by atoms with Gasteiger partial charge in [-0.05, 0) is 30.7 Å². The Morgan fingerprint density at radius 2 is 2.21 bits per heavy atom. The molecule has 0 saturated heterocycles. The van der Waals surface area contributed by atoms with E-state index in [4.69, 9.17) is 4.74 Å². The quantitative estimate of drug-likeness (QED) is 0.610. The largest absolute Gasteiger partial charge is 0.385 e. The fraction of sp³-hybridized carbons (Fsp3) is 0.538. The van der Waals surface area contributed by atoms with Crippen LogP contribution in [0.3, 0.4) is 0 Å². The van der Waals surface area contributed by atoms with E-state index in [0.29, 0.717) is 18.8 Å². The Hall–Kier alpha value is -1.69. The van der Waals surface area contributed by atoms with Gasteiger partial charge in [0.05, 0.1) is 11.0 Å². The van der Waals surface area contributed by atoms with Gasteiger partial charge in [-0.1, -0.05) is 0 Å². The van der Waals surface area contributed by atoms with E-state index in [1.807, 2.05) is 0 Å². The van der Waals surface area contributed by atoms with E-state index in [1.54, 1.807) is 7.11 Å². The maximum absolute atomic E-state index is 13.3. The van der Waals surface area contributed by atoms with Crippen molar-refractivity contribution in [3.8, 4) is 0 Å². The van der Waals surface area contributed by atoms with Crippen molar-refractivity contribution in [3.05, 3.63) is 34.1 Å². The number of hydrogen-bond acceptors (Lipinski definition) is 4. The fourth-order valence-electron chi connectivity index (χ4n) is 2.08. The molecule has 0 aromatic heterocycles. The Morgan fingerprint density at radius 3 is 2.79 bits per heavy atom. The van der Waals surface area contributed by atoms with Crippen molar-refractivity contribution in [1.82, 2.24) is 0 Å². The molecule has 0 bridgehead atoms. The minimum absolute atomic E-state index is 0.205. The van der Waals surface area contributed by atoms with Crippen LogP contribution < -0.4 is 5.32 Å². The number of nitrogens with zero attached hydrogens (tertiary/aromatic N) is 1. The third-order valence-corrected chi connectivity index (χ3v) is 3.55. The van der Waals surface area contributed by atoms with Gasteiger partial charge in [-0.2, -0.15) is 0 Å². The molecule has 1 aliphatic carbocycles. The summed E-state index contributed by atoms with van der Waals surface area (Å²) in [7, 11) is 1.67. The molecule has 0 heterocycles. The fourth-order valence-corrected chi connectivity index (χ4v) is 2.08. The Balaban J connectivity index is 1.98. The number of nitro benzene ring substituents is 1. The molecule has 2 rings (SSSR count). The molecule has 0 amide bonds. The van der Waals surface area contributed by atoms with Crippen LogP contribution in [0.2, 0.25) is 0 Å². The van der Waals surface area contributed by atoms with Gasteiger partial charge in [0.15, 0.2) is 0 Å². The number of benzene rings is 1. The molecule has 1 fully saturated rings. The number of halogens is 1. The number of methoxy groups -OCH3 is 1. The molecule has 104 valence electrons. The standard InChI is InChI=1S/C13H17FN2O3/c1-19-5-4-13(2-3-13)9-15-11-6-10(14)7-12(8-11)16(17)18/h6-8,15H,2-5,9H2,1H3. The Morgan fingerprint density at radius 1 is 1.47 bits per heavy atom. The highest BCUT2D eigenvalue weighted by molar-refractivity contribution is 5.51. The van der Waals surface area contributed by atoms with E-state index < -0.39 is 10.7 Å². The number of nitro groups is 1. The van der Waals surface area contributed by atoms with Gasteiger partial charge >= 0.3 is 0 Å². The third-order valence-electron chi connectivity index (χ3n) is 3.55. The lowest BCUT2D eigenvalue weighted by Gasteiger charge is -2.16. The van der Waals surface area contributed by atoms with Crippen LogP contribution in [0, 0.1) is 21.3 Å². The van der Waals surface area contributed by atoms with Crippen LogP contribution in [0.1, 0.15) is 19.3 Å². The van der Waals surface area contributed by atoms with E-state index in [9.17, 15) is 14.5 Å². The van der Waals surface area contributed by atoms with Gasteiger partial charge in [-0.3, -0.25) is 10.1 Å². The minimum atomic E-state index is -0.599. The number of hydrogen-bond donors (Lipinski definition) is 1. The molecule has 0 atom stereocenters. The van der Waals surface area contributed by atoms with Crippen LogP contribution in [0.25, 0.3) is 0 Å². The zero-order valence-corrected chi connectivity index (χ0v) is 10.8. The van der Waals surface area contributed by atoms with Crippen LogP contribution in [-0.4, -0.2) is 25.2 Å². The Bertz CT molecular complexity index is 475. The summed E-state index contributed by atoms with van der Waals surface area (Å²) < 4.78 is 18.3. The minimum Gasteiger partial charge on any atom is -0.385 e. The summed E-state index contributed by atoms with van der Waals surface area (Å²) in [4.78, 5) is 10.1. The average Bonchev–Trinajstić information content (AvgIpc) is 3.14. The van der Waals surface area contributed by atoms with Crippen molar-refractivity contribution < 1.29 is 14.1 Å². The molecule has 1 aromatic rings. The van der Waals surface area contributed by atoms with Crippen LogP contribution >= 0.6 is 0 Å². The summed E-state index contributed by atoms with van der Waals surface area (Å²) >= 11 is 0. The van der Waals surface area contributed by atoms with Gasteiger partial charge in [0.1, 0.15) is 5.82 Å². The summed E-state index contributed by atoms with van der Waals surface area (Å²) in [6.07, 6.45) is 3.18. The summed E-state index contributed by atoms with van der Waals surface area (Å²) in [6, 6.07) is 3.55. The number of non-ortho nitro benzene ring substituents is 1. The highest BCUT2D eigenvalue weighted by atomic mass is 19.1. The van der Waals surface area contributed by atoms with E-state index in [2.05, 4.69) is 5.32 Å². The molecular formula is C13H17FN2O3. The second kappa shape index (κ2) is 5.52. The lowest BCUT2D eigenvalue weighted by molar-refractivity contribution is -0.385. The van der Waals surface area contributed by atoms with E-state index >= 15 is 0 Å². The first-order valence-corrected chi connectivity index (χ1v) is 6.22. The van der Waals surface area contributed by atoms with Gasteiger partial charge in [0.2, 0.25) is 0 Å². The molecular weight excluding hydrogens is 251 g/mol. The molecule has 0 spiro atoms. The lowest BCUT2D eigenvalue weighted by Crippen LogP contribution is -2.17. The molecule has 5 nitrogen and oxygen atoms in total. The van der Waals surface area contributed by atoms with Crippen molar-refractivity contribution in [2.75, 3.05) is 25.6 Å². The molecule has 0 aliphatic heterocycles. The molecule has 0 unspecified atom stereocenters. The summed E-state index contributed by atoms with van der Waals surface area (Å²) in [6.45, 7) is 1.39. The number of anilines is 1. The maximum Gasteiger partial charge on any atom is 0.274 e. The number of rotatable bonds is 7. The molecule has 1 aromatic carbocycles. The molecule has 1 saturated carbocycles. The zero-order chi connectivity index (χ0) is 13.9. The van der Waals surface area contributed by atoms with E-state index in [1.165, 1.54) is 12.1 Å². The Labute approximate surface area is 110 Å². The predicted octanol–water partition coefficient (Wildman–Crippen LogP) is 2.96. The first kappa shape index (κ1) is 13.7. The van der Waals surface area contributed by atoms with Gasteiger partial charge in [-0.15, -0.1) is 0 Å². The molecule has 6 heteroatoms. The van der Waals surface area contributed by atoms with Crippen LogP contribution in [-0.2, 0) is 4.74 Å². The van der Waals surface area contributed by atoms with E-state index in [0.717, 1.165) is 25.3 Å². The monoisotopic (exact) mass is 268 g/mol. The van der Waals surface area contributed by atoms with E-state index in [-0.39, 0.29) is 11.1 Å². The number of ether oxygens (including phenoxy) is 1. The highest BCUT2D eigenvalue weighted by Gasteiger charge is 2.41. The van der Waals surface area contributed by atoms with Crippen LogP contribution in [0.4, 0.5) is 15.8 Å². The van der Waals surface area contributed by atoms with Crippen molar-refractivity contribution >= 4 is 11.4 Å². The topological polar surface area (TPSA) is 64.4 Å². The zero-order valence-electron chi connectivity index (χ0n) is 10.8. The molecule has 0 radical (unpaired) electrons. The Kier molecular flexibility index (Phi) is 3.99. The van der Waals surface area contributed by atoms with Gasteiger partial charge in [-0.25, -0.2) is 4.39 Å². The highest BCUT2D eigenvalue weighted by Crippen LogP contribution is 2.48.